The lowest BCUT2D eigenvalue weighted by Gasteiger charge is -2.16. The van der Waals surface area contributed by atoms with E-state index >= 15 is 0 Å². The van der Waals surface area contributed by atoms with Crippen LogP contribution in [0.4, 0.5) is 11.4 Å². The highest BCUT2D eigenvalue weighted by atomic mass is 16.6. The molecule has 3 N–H and O–H groups in total. The molecule has 8 nitrogen and oxygen atoms in total. The molecule has 0 aliphatic carbocycles. The fraction of sp³-hybridized carbons (Fsp3) is 0.462. The molecule has 1 amide bonds. The third kappa shape index (κ3) is 2.96. The van der Waals surface area contributed by atoms with Crippen molar-refractivity contribution in [3.63, 3.8) is 0 Å². The molecular formula is C13H17N3O5. The van der Waals surface area contributed by atoms with Crippen LogP contribution in [0, 0.1) is 10.1 Å². The Bertz CT molecular complexity index is 553. The summed E-state index contributed by atoms with van der Waals surface area (Å²) >= 11 is 0. The molecule has 0 aromatic heterocycles. The van der Waals surface area contributed by atoms with E-state index in [4.69, 9.17) is 0 Å². The molecule has 8 heteroatoms. The number of rotatable bonds is 4. The Morgan fingerprint density at radius 2 is 2.05 bits per heavy atom. The SMILES string of the molecule is CCNc1cccc(C(=O)N2CC(O)C(O)C2)c1[N+](=O)[O-]. The standard InChI is InChI=1S/C13H17N3O5/c1-2-14-9-5-3-4-8(12(9)16(20)21)13(19)15-6-10(17)11(18)7-15/h3-5,10-11,14,17-18H,2,6-7H2,1H3. The van der Waals surface area contributed by atoms with Gasteiger partial charge in [0.05, 0.1) is 17.1 Å². The van der Waals surface area contributed by atoms with Crippen LogP contribution in [0.25, 0.3) is 0 Å². The first-order valence-corrected chi connectivity index (χ1v) is 6.62. The van der Waals surface area contributed by atoms with E-state index in [0.29, 0.717) is 6.54 Å². The number of aliphatic hydroxyl groups is 2. The van der Waals surface area contributed by atoms with Gasteiger partial charge in [0.25, 0.3) is 5.91 Å². The number of nitrogens with one attached hydrogen (secondary N) is 1. The highest BCUT2D eigenvalue weighted by molar-refractivity contribution is 6.00. The van der Waals surface area contributed by atoms with Crippen molar-refractivity contribution in [2.45, 2.75) is 19.1 Å². The number of nitro groups is 1. The molecule has 2 rings (SSSR count). The first kappa shape index (κ1) is 15.2. The Labute approximate surface area is 121 Å². The van der Waals surface area contributed by atoms with E-state index in [9.17, 15) is 25.1 Å². The summed E-state index contributed by atoms with van der Waals surface area (Å²) in [7, 11) is 0. The average molecular weight is 295 g/mol. The Kier molecular flexibility index (Phi) is 4.39. The van der Waals surface area contributed by atoms with Crippen molar-refractivity contribution in [1.29, 1.82) is 0 Å². The molecule has 1 heterocycles. The number of nitrogens with zero attached hydrogens (tertiary/aromatic N) is 2. The Morgan fingerprint density at radius 3 is 2.57 bits per heavy atom. The summed E-state index contributed by atoms with van der Waals surface area (Å²) in [6.07, 6.45) is -2.05. The Morgan fingerprint density at radius 1 is 1.43 bits per heavy atom. The van der Waals surface area contributed by atoms with Gasteiger partial charge in [-0.05, 0) is 19.1 Å². The first-order valence-electron chi connectivity index (χ1n) is 6.62. The molecule has 1 fully saturated rings. The third-order valence-corrected chi connectivity index (χ3v) is 3.36. The van der Waals surface area contributed by atoms with Crippen LogP contribution in [-0.4, -0.2) is 57.8 Å². The first-order chi connectivity index (χ1) is 9.95. The lowest BCUT2D eigenvalue weighted by atomic mass is 10.1. The molecular weight excluding hydrogens is 278 g/mol. The topological polar surface area (TPSA) is 116 Å². The zero-order chi connectivity index (χ0) is 15.6. The maximum absolute atomic E-state index is 12.4. The third-order valence-electron chi connectivity index (χ3n) is 3.36. The van der Waals surface area contributed by atoms with Gasteiger partial charge in [-0.3, -0.25) is 14.9 Å². The minimum absolute atomic E-state index is 0.0391. The zero-order valence-electron chi connectivity index (χ0n) is 11.5. The van der Waals surface area contributed by atoms with Crippen LogP contribution in [0.2, 0.25) is 0 Å². The van der Waals surface area contributed by atoms with Gasteiger partial charge in [-0.2, -0.15) is 0 Å². The van der Waals surface area contributed by atoms with Gasteiger partial charge in [0.1, 0.15) is 11.3 Å². The average Bonchev–Trinajstić information content (AvgIpc) is 2.77. The number of carbonyl (C=O) groups is 1. The number of β-amino-alcohol motifs (C(OH)–C–C–N with tert-alkyl or cyclic N) is 2. The van der Waals surface area contributed by atoms with Crippen molar-refractivity contribution in [3.05, 3.63) is 33.9 Å². The van der Waals surface area contributed by atoms with Gasteiger partial charge in [0, 0.05) is 19.6 Å². The maximum atomic E-state index is 12.4. The summed E-state index contributed by atoms with van der Waals surface area (Å²) in [6.45, 7) is 2.20. The van der Waals surface area contributed by atoms with Crippen molar-refractivity contribution >= 4 is 17.3 Å². The van der Waals surface area contributed by atoms with E-state index in [1.54, 1.807) is 13.0 Å². The molecule has 1 aromatic rings. The minimum atomic E-state index is -1.02. The normalized spacial score (nSPS) is 21.4. The molecule has 0 bridgehead atoms. The van der Waals surface area contributed by atoms with Gasteiger partial charge >= 0.3 is 5.69 Å². The van der Waals surface area contributed by atoms with E-state index in [-0.39, 0.29) is 30.0 Å². The fourth-order valence-electron chi connectivity index (χ4n) is 2.35. The summed E-state index contributed by atoms with van der Waals surface area (Å²) < 4.78 is 0. The molecule has 114 valence electrons. The molecule has 2 unspecified atom stereocenters. The number of benzene rings is 1. The highest BCUT2D eigenvalue weighted by Crippen LogP contribution is 2.30. The summed E-state index contributed by atoms with van der Waals surface area (Å²) in [4.78, 5) is 24.3. The van der Waals surface area contributed by atoms with Crippen LogP contribution in [0.3, 0.4) is 0 Å². The largest absolute Gasteiger partial charge is 0.388 e. The number of para-hydroxylation sites is 1. The lowest BCUT2D eigenvalue weighted by Crippen LogP contribution is -2.30. The van der Waals surface area contributed by atoms with Crippen LogP contribution in [0.5, 0.6) is 0 Å². The number of nitro benzene ring substituents is 1. The molecule has 1 aromatic carbocycles. The predicted octanol–water partition coefficient (Wildman–Crippen LogP) is 0.204. The zero-order valence-corrected chi connectivity index (χ0v) is 11.5. The number of hydrogen-bond donors (Lipinski definition) is 3. The Balaban J connectivity index is 2.37. The molecule has 0 radical (unpaired) electrons. The number of hydrogen-bond acceptors (Lipinski definition) is 6. The van der Waals surface area contributed by atoms with Crippen molar-refractivity contribution < 1.29 is 19.9 Å². The molecule has 1 saturated heterocycles. The summed E-state index contributed by atoms with van der Waals surface area (Å²) in [6, 6.07) is 4.46. The molecule has 0 saturated carbocycles. The quantitative estimate of drug-likeness (QED) is 0.540. The van der Waals surface area contributed by atoms with Crippen LogP contribution in [-0.2, 0) is 0 Å². The molecule has 1 aliphatic heterocycles. The highest BCUT2D eigenvalue weighted by Gasteiger charge is 2.36. The van der Waals surface area contributed by atoms with Crippen molar-refractivity contribution in [1.82, 2.24) is 4.90 Å². The van der Waals surface area contributed by atoms with Crippen molar-refractivity contribution in [2.24, 2.45) is 0 Å². The van der Waals surface area contributed by atoms with Crippen molar-refractivity contribution in [3.8, 4) is 0 Å². The van der Waals surface area contributed by atoms with Gasteiger partial charge in [-0.15, -0.1) is 0 Å². The number of aliphatic hydroxyl groups excluding tert-OH is 2. The van der Waals surface area contributed by atoms with E-state index < -0.39 is 23.0 Å². The fourth-order valence-corrected chi connectivity index (χ4v) is 2.35. The van der Waals surface area contributed by atoms with Crippen LogP contribution in [0.1, 0.15) is 17.3 Å². The van der Waals surface area contributed by atoms with E-state index in [1.807, 2.05) is 0 Å². The summed E-state index contributed by atoms with van der Waals surface area (Å²) in [5, 5.41) is 33.1. The van der Waals surface area contributed by atoms with E-state index in [1.165, 1.54) is 17.0 Å². The second-order valence-corrected chi connectivity index (χ2v) is 4.83. The number of carbonyl (C=O) groups excluding carboxylic acids is 1. The van der Waals surface area contributed by atoms with Crippen LogP contribution < -0.4 is 5.32 Å². The van der Waals surface area contributed by atoms with Crippen LogP contribution >= 0.6 is 0 Å². The van der Waals surface area contributed by atoms with Gasteiger partial charge in [0.15, 0.2) is 0 Å². The van der Waals surface area contributed by atoms with E-state index in [2.05, 4.69) is 5.32 Å². The predicted molar refractivity (Wildman–Crippen MR) is 75.2 cm³/mol. The molecule has 2 atom stereocenters. The lowest BCUT2D eigenvalue weighted by molar-refractivity contribution is -0.384. The molecule has 1 aliphatic rings. The minimum Gasteiger partial charge on any atom is -0.388 e. The monoisotopic (exact) mass is 295 g/mol. The maximum Gasteiger partial charge on any atom is 0.305 e. The van der Waals surface area contributed by atoms with Gasteiger partial charge in [-0.1, -0.05) is 6.07 Å². The van der Waals surface area contributed by atoms with E-state index in [0.717, 1.165) is 0 Å². The number of amides is 1. The molecule has 0 spiro atoms. The second-order valence-electron chi connectivity index (χ2n) is 4.83. The van der Waals surface area contributed by atoms with Crippen molar-refractivity contribution in [2.75, 3.05) is 25.0 Å². The van der Waals surface area contributed by atoms with Gasteiger partial charge in [0.2, 0.25) is 0 Å². The van der Waals surface area contributed by atoms with Gasteiger partial charge in [-0.25, -0.2) is 0 Å². The summed E-state index contributed by atoms with van der Waals surface area (Å²) in [5.74, 6) is -0.572. The number of anilines is 1. The van der Waals surface area contributed by atoms with Crippen LogP contribution in [0.15, 0.2) is 18.2 Å². The number of likely N-dealkylation sites (tertiary alicyclic amines) is 1. The molecule has 21 heavy (non-hydrogen) atoms. The smallest absolute Gasteiger partial charge is 0.305 e. The second kappa shape index (κ2) is 6.06. The van der Waals surface area contributed by atoms with Gasteiger partial charge < -0.3 is 20.4 Å². The Hall–Kier alpha value is -2.19. The summed E-state index contributed by atoms with van der Waals surface area (Å²) in [5.41, 5.74) is -0.0753.